The average Bonchev–Trinajstić information content (AvgIpc) is 2.76. The molecular weight excluding hydrogens is 515 g/mol. The highest BCUT2D eigenvalue weighted by atomic mass is 19.4. The first-order valence-electron chi connectivity index (χ1n) is 11.5. The highest BCUT2D eigenvalue weighted by Crippen LogP contribution is 2.53. The number of alkyl halides is 9. The Hall–Kier alpha value is -2.09. The van der Waals surface area contributed by atoms with Gasteiger partial charge in [-0.25, -0.2) is 9.59 Å². The van der Waals surface area contributed by atoms with Crippen molar-refractivity contribution in [3.8, 4) is 0 Å². The molecule has 6 nitrogen and oxygen atoms in total. The Morgan fingerprint density at radius 1 is 0.889 bits per heavy atom. The van der Waals surface area contributed by atoms with Crippen molar-refractivity contribution in [2.24, 2.45) is 5.92 Å². The zero-order valence-corrected chi connectivity index (χ0v) is 20.1. The van der Waals surface area contributed by atoms with Crippen molar-refractivity contribution in [2.75, 3.05) is 26.2 Å². The highest BCUT2D eigenvalue weighted by molar-refractivity contribution is 5.67. The fraction of sp³-hybridized carbons (Fsp3) is 0.905. The van der Waals surface area contributed by atoms with Crippen LogP contribution in [0.15, 0.2) is 0 Å². The van der Waals surface area contributed by atoms with Crippen molar-refractivity contribution >= 4 is 12.2 Å². The second-order valence-electron chi connectivity index (χ2n) is 8.41. The summed E-state index contributed by atoms with van der Waals surface area (Å²) in [6.45, 7) is 1.14. The van der Waals surface area contributed by atoms with E-state index in [4.69, 9.17) is 9.84 Å². The molecule has 0 saturated heterocycles. The summed E-state index contributed by atoms with van der Waals surface area (Å²) >= 11 is 0. The van der Waals surface area contributed by atoms with Gasteiger partial charge >= 0.3 is 36.1 Å². The second kappa shape index (κ2) is 14.6. The van der Waals surface area contributed by atoms with Gasteiger partial charge in [-0.15, -0.1) is 0 Å². The van der Waals surface area contributed by atoms with Crippen LogP contribution in [0.25, 0.3) is 0 Å². The molecule has 0 rings (SSSR count). The smallest absolute Gasteiger partial charge is 0.460 e. The maximum Gasteiger partial charge on any atom is 0.460 e. The van der Waals surface area contributed by atoms with Crippen LogP contribution in [0.3, 0.4) is 0 Å². The lowest BCUT2D eigenvalue weighted by Gasteiger charge is -2.35. The fourth-order valence-electron chi connectivity index (χ4n) is 3.10. The van der Waals surface area contributed by atoms with E-state index >= 15 is 0 Å². The number of rotatable bonds is 17. The number of halogens is 9. The van der Waals surface area contributed by atoms with E-state index < -0.39 is 49.2 Å². The van der Waals surface area contributed by atoms with Crippen molar-refractivity contribution in [3.05, 3.63) is 0 Å². The predicted molar refractivity (Wildman–Crippen MR) is 112 cm³/mol. The SMILES string of the molecule is CCCCC(CC)COC(=O)NCCCCCCN(CC(F)(F)C(F)(F)C(F)(F)C(F)(F)F)C(=O)O. The van der Waals surface area contributed by atoms with Crippen LogP contribution in [0.4, 0.5) is 49.1 Å². The molecule has 0 bridgehead atoms. The molecule has 0 aliphatic heterocycles. The lowest BCUT2D eigenvalue weighted by atomic mass is 10.0. The third kappa shape index (κ3) is 10.1. The molecule has 0 radical (unpaired) electrons. The number of amides is 2. The van der Waals surface area contributed by atoms with Crippen LogP contribution in [-0.2, 0) is 4.74 Å². The van der Waals surface area contributed by atoms with Gasteiger partial charge in [-0.05, 0) is 25.2 Å². The Balaban J connectivity index is 4.50. The van der Waals surface area contributed by atoms with Gasteiger partial charge in [0, 0.05) is 13.1 Å². The van der Waals surface area contributed by atoms with E-state index in [1.807, 2.05) is 13.8 Å². The monoisotopic (exact) mass is 548 g/mol. The van der Waals surface area contributed by atoms with Gasteiger partial charge in [0.1, 0.15) is 0 Å². The van der Waals surface area contributed by atoms with Gasteiger partial charge in [-0.2, -0.15) is 39.5 Å². The molecule has 0 aliphatic rings. The zero-order valence-electron chi connectivity index (χ0n) is 20.1. The van der Waals surface area contributed by atoms with Crippen molar-refractivity contribution in [2.45, 2.75) is 89.2 Å². The molecule has 2 N–H and O–H groups in total. The van der Waals surface area contributed by atoms with E-state index in [0.29, 0.717) is 12.8 Å². The van der Waals surface area contributed by atoms with Crippen molar-refractivity contribution < 1.29 is 58.9 Å². The molecule has 1 unspecified atom stereocenters. The summed E-state index contributed by atoms with van der Waals surface area (Å²) in [6.07, 6.45) is -5.21. The van der Waals surface area contributed by atoms with Crippen LogP contribution in [0, 0.1) is 5.92 Å². The van der Waals surface area contributed by atoms with E-state index in [1.165, 1.54) is 0 Å². The van der Waals surface area contributed by atoms with Gasteiger partial charge < -0.3 is 20.1 Å². The molecule has 2 amide bonds. The summed E-state index contributed by atoms with van der Waals surface area (Å²) in [4.78, 5) is 22.4. The summed E-state index contributed by atoms with van der Waals surface area (Å²) in [5.41, 5.74) is 0. The molecular formula is C21H33F9N2O4. The summed E-state index contributed by atoms with van der Waals surface area (Å²) in [5.74, 6) is -19.7. The Bertz CT molecular complexity index is 676. The standard InChI is InChI=1S/C21H33F9N2O4/c1-3-5-10-15(4-2)13-36-16(33)31-11-8-6-7-9-12-32(17(34)35)14-18(22,23)19(24,25)20(26,27)21(28,29)30/h15H,3-14H2,1-2H3,(H,31,33)(H,34,35). The van der Waals surface area contributed by atoms with Gasteiger partial charge in [-0.3, -0.25) is 0 Å². The van der Waals surface area contributed by atoms with Crippen LogP contribution in [0.2, 0.25) is 0 Å². The lowest BCUT2D eigenvalue weighted by molar-refractivity contribution is -0.396. The van der Waals surface area contributed by atoms with Gasteiger partial charge in [0.05, 0.1) is 13.2 Å². The van der Waals surface area contributed by atoms with Crippen molar-refractivity contribution in [1.82, 2.24) is 10.2 Å². The molecule has 0 fully saturated rings. The maximum absolute atomic E-state index is 13.7. The summed E-state index contributed by atoms with van der Waals surface area (Å²) in [5, 5.41) is 11.4. The first-order chi connectivity index (χ1) is 16.4. The molecule has 0 aromatic carbocycles. The maximum atomic E-state index is 13.7. The predicted octanol–water partition coefficient (Wildman–Crippen LogP) is 6.94. The van der Waals surface area contributed by atoms with Crippen LogP contribution >= 0.6 is 0 Å². The van der Waals surface area contributed by atoms with Crippen LogP contribution < -0.4 is 5.32 Å². The van der Waals surface area contributed by atoms with Gasteiger partial charge in [0.15, 0.2) is 0 Å². The molecule has 0 aromatic heterocycles. The quantitative estimate of drug-likeness (QED) is 0.153. The zero-order chi connectivity index (χ0) is 28.2. The van der Waals surface area contributed by atoms with Crippen LogP contribution in [0.1, 0.15) is 65.2 Å². The number of nitrogens with one attached hydrogen (secondary N) is 1. The number of carboxylic acid groups (broad SMARTS) is 1. The first kappa shape index (κ1) is 33.9. The van der Waals surface area contributed by atoms with E-state index in [0.717, 1.165) is 25.7 Å². The lowest BCUT2D eigenvalue weighted by Crippen LogP contribution is -2.63. The summed E-state index contributed by atoms with van der Waals surface area (Å²) < 4.78 is 122. The second-order valence-corrected chi connectivity index (χ2v) is 8.41. The molecule has 214 valence electrons. The third-order valence-electron chi connectivity index (χ3n) is 5.49. The molecule has 0 aromatic rings. The molecule has 0 heterocycles. The molecule has 0 saturated carbocycles. The van der Waals surface area contributed by atoms with Crippen LogP contribution in [0.5, 0.6) is 0 Å². The van der Waals surface area contributed by atoms with Gasteiger partial charge in [0.25, 0.3) is 0 Å². The van der Waals surface area contributed by atoms with Gasteiger partial charge in [0.2, 0.25) is 0 Å². The normalized spacial score (nSPS) is 13.9. The fourth-order valence-corrected chi connectivity index (χ4v) is 3.10. The molecule has 0 aliphatic carbocycles. The topological polar surface area (TPSA) is 78.9 Å². The Morgan fingerprint density at radius 2 is 1.47 bits per heavy atom. The number of nitrogens with zero attached hydrogens (tertiary/aromatic N) is 1. The number of alkyl carbamates (subject to hydrolysis) is 1. The minimum atomic E-state index is -7.07. The largest absolute Gasteiger partial charge is 0.465 e. The Labute approximate surface area is 203 Å². The highest BCUT2D eigenvalue weighted by Gasteiger charge is 2.81. The number of hydrogen-bond acceptors (Lipinski definition) is 3. The van der Waals surface area contributed by atoms with E-state index in [1.54, 1.807) is 0 Å². The Kier molecular flexibility index (Phi) is 13.8. The first-order valence-corrected chi connectivity index (χ1v) is 11.5. The molecule has 1 atom stereocenters. The van der Waals surface area contributed by atoms with Crippen LogP contribution in [-0.4, -0.2) is 72.4 Å². The summed E-state index contributed by atoms with van der Waals surface area (Å²) in [6, 6.07) is 0. The van der Waals surface area contributed by atoms with E-state index in [2.05, 4.69) is 5.32 Å². The number of unbranched alkanes of at least 4 members (excludes halogenated alkanes) is 4. The minimum absolute atomic E-state index is 0.163. The number of carbonyl (C=O) groups excluding carboxylic acids is 1. The Morgan fingerprint density at radius 3 is 1.97 bits per heavy atom. The summed E-state index contributed by atoms with van der Waals surface area (Å²) in [7, 11) is 0. The van der Waals surface area contributed by atoms with Gasteiger partial charge in [-0.1, -0.05) is 46.0 Å². The third-order valence-corrected chi connectivity index (χ3v) is 5.49. The number of hydrogen-bond donors (Lipinski definition) is 2. The minimum Gasteiger partial charge on any atom is -0.465 e. The van der Waals surface area contributed by atoms with Crippen molar-refractivity contribution in [3.63, 3.8) is 0 Å². The number of ether oxygens (including phenoxy) is 1. The van der Waals surface area contributed by atoms with Crippen molar-refractivity contribution in [1.29, 1.82) is 0 Å². The average molecular weight is 548 g/mol. The number of carbonyl (C=O) groups is 2. The molecule has 0 spiro atoms. The molecule has 36 heavy (non-hydrogen) atoms. The molecule has 15 heteroatoms. The van der Waals surface area contributed by atoms with E-state index in [9.17, 15) is 49.1 Å². The van der Waals surface area contributed by atoms with E-state index in [-0.39, 0.29) is 36.8 Å².